The predicted molar refractivity (Wildman–Crippen MR) is 105 cm³/mol. The van der Waals surface area contributed by atoms with E-state index in [1.807, 2.05) is 0 Å². The average molecular weight is 452 g/mol. The molecule has 1 N–H and O–H groups in total. The first kappa shape index (κ1) is 22.1. The fourth-order valence-electron chi connectivity index (χ4n) is 4.13. The summed E-state index contributed by atoms with van der Waals surface area (Å²) in [5.74, 6) is -1.93. The van der Waals surface area contributed by atoms with E-state index in [0.29, 0.717) is 12.1 Å². The van der Waals surface area contributed by atoms with Crippen LogP contribution in [0.15, 0.2) is 22.7 Å². The predicted octanol–water partition coefficient (Wildman–Crippen LogP) is 4.16. The van der Waals surface area contributed by atoms with Crippen LogP contribution in [-0.2, 0) is 17.5 Å². The third kappa shape index (κ3) is 4.42. The van der Waals surface area contributed by atoms with E-state index in [4.69, 9.17) is 4.74 Å². The highest BCUT2D eigenvalue weighted by Gasteiger charge is 2.41. The Balaban J connectivity index is 1.51. The minimum atomic E-state index is -4.74. The van der Waals surface area contributed by atoms with Crippen LogP contribution in [0, 0.1) is 0 Å². The molecule has 0 radical (unpaired) electrons. The van der Waals surface area contributed by atoms with Gasteiger partial charge in [0.05, 0.1) is 12.1 Å². The molecule has 1 aromatic heterocycles. The van der Waals surface area contributed by atoms with Gasteiger partial charge in [0.15, 0.2) is 0 Å². The lowest BCUT2D eigenvalue weighted by Crippen LogP contribution is -2.49. The smallest absolute Gasteiger partial charge is 0.444 e. The number of halogens is 3. The fourth-order valence-corrected chi connectivity index (χ4v) is 4.13. The second-order valence-corrected chi connectivity index (χ2v) is 8.98. The second-order valence-electron chi connectivity index (χ2n) is 8.98. The highest BCUT2D eigenvalue weighted by Crippen LogP contribution is 2.35. The number of fused-ring (bicyclic) bond motifs is 1. The number of alkyl halides is 3. The molecule has 8 nitrogen and oxygen atoms in total. The molecule has 0 saturated heterocycles. The van der Waals surface area contributed by atoms with Crippen LogP contribution in [0.1, 0.15) is 61.8 Å². The van der Waals surface area contributed by atoms with Gasteiger partial charge in [-0.05, 0) is 51.7 Å². The summed E-state index contributed by atoms with van der Waals surface area (Å²) >= 11 is 0. The molecule has 2 amide bonds. The molecule has 2 aromatic rings. The monoisotopic (exact) mass is 452 g/mol. The van der Waals surface area contributed by atoms with Gasteiger partial charge in [0.2, 0.25) is 5.82 Å². The molecule has 1 aliphatic carbocycles. The van der Waals surface area contributed by atoms with Crippen molar-refractivity contribution in [2.24, 2.45) is 0 Å². The van der Waals surface area contributed by atoms with Gasteiger partial charge in [0, 0.05) is 17.7 Å². The van der Waals surface area contributed by atoms with Gasteiger partial charge in [-0.25, -0.2) is 4.79 Å². The van der Waals surface area contributed by atoms with E-state index in [1.165, 1.54) is 6.07 Å². The lowest BCUT2D eigenvalue weighted by Gasteiger charge is -2.30. The van der Waals surface area contributed by atoms with Crippen LogP contribution < -0.4 is 5.32 Å². The van der Waals surface area contributed by atoms with Gasteiger partial charge in [-0.3, -0.25) is 4.79 Å². The summed E-state index contributed by atoms with van der Waals surface area (Å²) in [6.07, 6.45) is -2.98. The number of benzene rings is 1. The molecule has 2 atom stereocenters. The van der Waals surface area contributed by atoms with Crippen LogP contribution in [0.4, 0.5) is 18.0 Å². The van der Waals surface area contributed by atoms with Gasteiger partial charge in [-0.2, -0.15) is 18.2 Å². The average Bonchev–Trinajstić information content (AvgIpc) is 3.39. The molecule has 1 fully saturated rings. The summed E-state index contributed by atoms with van der Waals surface area (Å²) in [7, 11) is 0. The summed E-state index contributed by atoms with van der Waals surface area (Å²) in [5.41, 5.74) is 0.758. The van der Waals surface area contributed by atoms with Crippen LogP contribution in [0.25, 0.3) is 11.4 Å². The van der Waals surface area contributed by atoms with Crippen molar-refractivity contribution in [1.29, 1.82) is 0 Å². The van der Waals surface area contributed by atoms with Crippen LogP contribution in [0.2, 0.25) is 0 Å². The van der Waals surface area contributed by atoms with Gasteiger partial charge in [0.1, 0.15) is 5.60 Å². The number of aromatic nitrogens is 2. The molecular weight excluding hydrogens is 429 g/mol. The molecule has 4 rings (SSSR count). The second kappa shape index (κ2) is 7.79. The molecule has 172 valence electrons. The first-order valence-corrected chi connectivity index (χ1v) is 10.3. The van der Waals surface area contributed by atoms with Crippen molar-refractivity contribution < 1.29 is 32.0 Å². The van der Waals surface area contributed by atoms with Gasteiger partial charge < -0.3 is 19.5 Å². The van der Waals surface area contributed by atoms with Crippen molar-refractivity contribution in [1.82, 2.24) is 20.4 Å². The summed E-state index contributed by atoms with van der Waals surface area (Å²) in [6, 6.07) is 4.28. The van der Waals surface area contributed by atoms with E-state index in [2.05, 4.69) is 20.0 Å². The summed E-state index contributed by atoms with van der Waals surface area (Å²) in [6.45, 7) is 5.68. The Morgan fingerprint density at radius 3 is 2.66 bits per heavy atom. The summed E-state index contributed by atoms with van der Waals surface area (Å²) in [5, 5.41) is 6.25. The molecule has 11 heteroatoms. The number of hydrogen-bond acceptors (Lipinski definition) is 6. The molecule has 1 aliphatic heterocycles. The molecule has 2 aliphatic rings. The van der Waals surface area contributed by atoms with Crippen LogP contribution in [-0.4, -0.2) is 44.7 Å². The Kier molecular flexibility index (Phi) is 5.38. The lowest BCUT2D eigenvalue weighted by molar-refractivity contribution is -0.159. The van der Waals surface area contributed by atoms with E-state index < -0.39 is 23.8 Å². The van der Waals surface area contributed by atoms with Crippen LogP contribution in [0.3, 0.4) is 0 Å². The number of nitrogens with one attached hydrogen (secondary N) is 1. The van der Waals surface area contributed by atoms with Gasteiger partial charge in [-0.15, -0.1) is 0 Å². The highest BCUT2D eigenvalue weighted by molar-refractivity contribution is 5.99. The third-order valence-corrected chi connectivity index (χ3v) is 5.45. The first-order chi connectivity index (χ1) is 14.9. The number of carbonyl (C=O) groups is 2. The molecule has 0 unspecified atom stereocenters. The van der Waals surface area contributed by atoms with Crippen LogP contribution >= 0.6 is 0 Å². The van der Waals surface area contributed by atoms with E-state index >= 15 is 0 Å². The Labute approximate surface area is 182 Å². The Morgan fingerprint density at radius 1 is 1.25 bits per heavy atom. The van der Waals surface area contributed by atoms with Crippen molar-refractivity contribution in [3.05, 3.63) is 35.2 Å². The maximum Gasteiger partial charge on any atom is 0.471 e. The maximum absolute atomic E-state index is 13.1. The quantitative estimate of drug-likeness (QED) is 0.751. The zero-order valence-electron chi connectivity index (χ0n) is 17.8. The molecular formula is C21H23F3N4O4. The van der Waals surface area contributed by atoms with Gasteiger partial charge >= 0.3 is 18.2 Å². The zero-order chi connectivity index (χ0) is 23.3. The lowest BCUT2D eigenvalue weighted by atomic mass is 10.1. The standard InChI is InChI=1S/C21H23F3N4O4/c1-20(2,3)31-19(30)25-14-5-4-6-15(14)28-10-12-8-7-11(9-13(12)17(28)29)16-26-18(32-27-16)21(22,23)24/h7-9,14-15H,4-6,10H2,1-3H3,(H,25,30)/t14-,15-/m1/s1. The third-order valence-electron chi connectivity index (χ3n) is 5.45. The van der Waals surface area contributed by atoms with Crippen LogP contribution in [0.5, 0.6) is 0 Å². The number of ether oxygens (including phenoxy) is 1. The Morgan fingerprint density at radius 2 is 2.00 bits per heavy atom. The van der Waals surface area contributed by atoms with Crippen molar-refractivity contribution in [2.45, 2.75) is 70.4 Å². The molecule has 0 spiro atoms. The van der Waals surface area contributed by atoms with Crippen molar-refractivity contribution in [2.75, 3.05) is 0 Å². The minimum absolute atomic E-state index is 0.201. The number of nitrogens with zero attached hydrogens (tertiary/aromatic N) is 3. The van der Waals surface area contributed by atoms with E-state index in [9.17, 15) is 22.8 Å². The SMILES string of the molecule is CC(C)(C)OC(=O)N[C@@H]1CCC[C@H]1N1Cc2ccc(-c3noc(C(F)(F)F)n3)cc2C1=O. The highest BCUT2D eigenvalue weighted by atomic mass is 19.4. The molecule has 1 aromatic carbocycles. The zero-order valence-corrected chi connectivity index (χ0v) is 17.8. The number of alkyl carbamates (subject to hydrolysis) is 1. The number of hydrogen-bond donors (Lipinski definition) is 1. The van der Waals surface area contributed by atoms with E-state index in [1.54, 1.807) is 37.8 Å². The topological polar surface area (TPSA) is 97.6 Å². The van der Waals surface area contributed by atoms with E-state index in [-0.39, 0.29) is 29.4 Å². The molecule has 0 bridgehead atoms. The normalized spacial score (nSPS) is 21.1. The number of carbonyl (C=O) groups excluding carboxylic acids is 2. The molecule has 32 heavy (non-hydrogen) atoms. The molecule has 1 saturated carbocycles. The maximum atomic E-state index is 13.1. The number of amides is 2. The first-order valence-electron chi connectivity index (χ1n) is 10.3. The van der Waals surface area contributed by atoms with Gasteiger partial charge in [0.25, 0.3) is 5.91 Å². The fraction of sp³-hybridized carbons (Fsp3) is 0.524. The van der Waals surface area contributed by atoms with Crippen molar-refractivity contribution in [3.8, 4) is 11.4 Å². The minimum Gasteiger partial charge on any atom is -0.444 e. The van der Waals surface area contributed by atoms with Gasteiger partial charge in [-0.1, -0.05) is 17.3 Å². The number of rotatable bonds is 3. The van der Waals surface area contributed by atoms with Crippen molar-refractivity contribution in [3.63, 3.8) is 0 Å². The van der Waals surface area contributed by atoms with E-state index in [0.717, 1.165) is 24.8 Å². The summed E-state index contributed by atoms with van der Waals surface area (Å²) in [4.78, 5) is 30.4. The summed E-state index contributed by atoms with van der Waals surface area (Å²) < 4.78 is 47.9. The van der Waals surface area contributed by atoms with Crippen molar-refractivity contribution >= 4 is 12.0 Å². The molecule has 2 heterocycles. The Hall–Kier alpha value is -3.11. The Bertz CT molecular complexity index is 1040. The largest absolute Gasteiger partial charge is 0.471 e.